The average molecular weight is 420 g/mol. The molecule has 0 aliphatic carbocycles. The third-order valence-corrected chi connectivity index (χ3v) is 6.46. The van der Waals surface area contributed by atoms with Crippen molar-refractivity contribution in [1.82, 2.24) is 14.6 Å². The topological polar surface area (TPSA) is 81.2 Å². The largest absolute Gasteiger partial charge is 0.492 e. The number of hydrogen-bond donors (Lipinski definition) is 2. The number of carbonyl (C=O) groups is 1. The predicted octanol–water partition coefficient (Wildman–Crippen LogP) is 1.89. The molecule has 1 aliphatic heterocycles. The molecule has 3 atom stereocenters. The van der Waals surface area contributed by atoms with Gasteiger partial charge in [0.2, 0.25) is 10.8 Å². The number of rotatable bonds is 5. The van der Waals surface area contributed by atoms with Gasteiger partial charge in [-0.05, 0) is 38.8 Å². The third-order valence-electron chi connectivity index (χ3n) is 5.37. The molecule has 0 saturated carbocycles. The van der Waals surface area contributed by atoms with Gasteiger partial charge in [-0.1, -0.05) is 23.5 Å². The fourth-order valence-electron chi connectivity index (χ4n) is 4.11. The number of benzene rings is 1. The number of fused-ring (bicyclic) bond motifs is 1. The number of aromatic hydroxyl groups is 1. The quantitative estimate of drug-likeness (QED) is 0.618. The van der Waals surface area contributed by atoms with Gasteiger partial charge >= 0.3 is 5.97 Å². The van der Waals surface area contributed by atoms with E-state index >= 15 is 0 Å². The highest BCUT2D eigenvalue weighted by molar-refractivity contribution is 7.17. The van der Waals surface area contributed by atoms with E-state index < -0.39 is 6.04 Å². The first-order chi connectivity index (χ1) is 14.0. The molecule has 0 radical (unpaired) electrons. The normalized spacial score (nSPS) is 20.7. The standard InChI is InChI=1S/C20H23FN4O3S/c1-3-28-19(27)13-7-6-10-24(11-13)16(14-8-4-5-9-15(14)21)17-18(26)25-20(29-17)22-12(2)23-25/h4-5,8-9,13,16,26H,3,6-7,10-11H2,1-2H3/p+1/t13-,16+/m1/s1. The van der Waals surface area contributed by atoms with Crippen LogP contribution < -0.4 is 4.90 Å². The molecular formula is C20H24FN4O3S+. The SMILES string of the molecule is CCOC(=O)[C@@H]1CCC[NH+]([C@@H](c2ccccc2F)c2sc3nc(C)nn3c2O)C1. The highest BCUT2D eigenvalue weighted by Crippen LogP contribution is 2.36. The lowest BCUT2D eigenvalue weighted by atomic mass is 9.94. The minimum Gasteiger partial charge on any atom is -0.492 e. The van der Waals surface area contributed by atoms with Gasteiger partial charge in [0.25, 0.3) is 0 Å². The van der Waals surface area contributed by atoms with Crippen LogP contribution in [-0.2, 0) is 9.53 Å². The Morgan fingerprint density at radius 3 is 3.00 bits per heavy atom. The summed E-state index contributed by atoms with van der Waals surface area (Å²) in [5.74, 6) is -0.241. The zero-order valence-corrected chi connectivity index (χ0v) is 17.2. The van der Waals surface area contributed by atoms with E-state index in [4.69, 9.17) is 4.74 Å². The zero-order chi connectivity index (χ0) is 20.5. The maximum absolute atomic E-state index is 14.8. The van der Waals surface area contributed by atoms with Crippen LogP contribution in [0.5, 0.6) is 5.88 Å². The average Bonchev–Trinajstić information content (AvgIpc) is 3.21. The number of likely N-dealkylation sites (tertiary alicyclic amines) is 1. The molecule has 0 spiro atoms. The summed E-state index contributed by atoms with van der Waals surface area (Å²) in [7, 11) is 0. The van der Waals surface area contributed by atoms with Gasteiger partial charge in [0.1, 0.15) is 22.4 Å². The molecule has 2 N–H and O–H groups in total. The summed E-state index contributed by atoms with van der Waals surface area (Å²) >= 11 is 1.31. The maximum atomic E-state index is 14.8. The van der Waals surface area contributed by atoms with E-state index in [1.54, 1.807) is 32.0 Å². The second-order valence-corrected chi connectivity index (χ2v) is 8.31. The molecule has 0 amide bonds. The third kappa shape index (κ3) is 3.72. The van der Waals surface area contributed by atoms with Crippen molar-refractivity contribution in [3.05, 3.63) is 46.3 Å². The summed E-state index contributed by atoms with van der Waals surface area (Å²) < 4.78 is 21.4. The van der Waals surface area contributed by atoms with E-state index in [9.17, 15) is 14.3 Å². The number of nitrogens with zero attached hydrogens (tertiary/aromatic N) is 3. The van der Waals surface area contributed by atoms with Gasteiger partial charge in [-0.3, -0.25) is 4.79 Å². The molecule has 2 aromatic heterocycles. The second-order valence-electron chi connectivity index (χ2n) is 7.30. The fraction of sp³-hybridized carbons (Fsp3) is 0.450. The Morgan fingerprint density at radius 1 is 1.48 bits per heavy atom. The van der Waals surface area contributed by atoms with Crippen LogP contribution in [0.25, 0.3) is 4.96 Å². The molecule has 1 unspecified atom stereocenters. The van der Waals surface area contributed by atoms with Crippen molar-refractivity contribution < 1.29 is 23.9 Å². The van der Waals surface area contributed by atoms with Crippen molar-refractivity contribution in [3.63, 3.8) is 0 Å². The smallest absolute Gasteiger partial charge is 0.314 e. The van der Waals surface area contributed by atoms with Gasteiger partial charge in [0.05, 0.1) is 25.3 Å². The van der Waals surface area contributed by atoms with Gasteiger partial charge in [-0.25, -0.2) is 9.37 Å². The number of ether oxygens (including phenoxy) is 1. The molecule has 1 aromatic carbocycles. The van der Waals surface area contributed by atoms with Crippen LogP contribution in [0.15, 0.2) is 24.3 Å². The molecule has 3 heterocycles. The lowest BCUT2D eigenvalue weighted by Crippen LogP contribution is -3.14. The minimum absolute atomic E-state index is 0.0235. The number of quaternary nitrogens is 1. The summed E-state index contributed by atoms with van der Waals surface area (Å²) in [6.07, 6.45) is 1.58. The second kappa shape index (κ2) is 8.08. The molecule has 4 rings (SSSR count). The van der Waals surface area contributed by atoms with E-state index in [0.717, 1.165) is 24.3 Å². The van der Waals surface area contributed by atoms with E-state index in [1.165, 1.54) is 21.9 Å². The van der Waals surface area contributed by atoms with E-state index in [-0.39, 0.29) is 23.6 Å². The van der Waals surface area contributed by atoms with E-state index in [0.29, 0.717) is 34.4 Å². The monoisotopic (exact) mass is 419 g/mol. The first kappa shape index (κ1) is 19.8. The Balaban J connectivity index is 1.76. The first-order valence-corrected chi connectivity index (χ1v) is 10.6. The number of nitrogens with one attached hydrogen (secondary N) is 1. The van der Waals surface area contributed by atoms with E-state index in [2.05, 4.69) is 10.1 Å². The van der Waals surface area contributed by atoms with E-state index in [1.807, 2.05) is 0 Å². The van der Waals surface area contributed by atoms with Gasteiger partial charge in [-0.2, -0.15) is 4.52 Å². The zero-order valence-electron chi connectivity index (χ0n) is 16.4. The Bertz CT molecular complexity index is 1030. The van der Waals surface area contributed by atoms with Crippen LogP contribution in [0, 0.1) is 18.7 Å². The van der Waals surface area contributed by atoms with Gasteiger partial charge in [-0.15, -0.1) is 5.10 Å². The Morgan fingerprint density at radius 2 is 2.28 bits per heavy atom. The number of carbonyl (C=O) groups excluding carboxylic acids is 1. The van der Waals surface area contributed by atoms with Crippen LogP contribution in [0.3, 0.4) is 0 Å². The van der Waals surface area contributed by atoms with Crippen LogP contribution in [0.4, 0.5) is 4.39 Å². The number of esters is 1. The number of hydrogen-bond acceptors (Lipinski definition) is 6. The molecule has 154 valence electrons. The molecule has 29 heavy (non-hydrogen) atoms. The van der Waals surface area contributed by atoms with Crippen LogP contribution in [0.2, 0.25) is 0 Å². The predicted molar refractivity (Wildman–Crippen MR) is 106 cm³/mol. The maximum Gasteiger partial charge on any atom is 0.314 e. The van der Waals surface area contributed by atoms with Gasteiger partial charge in [0.15, 0.2) is 6.04 Å². The van der Waals surface area contributed by atoms with Crippen molar-refractivity contribution >= 4 is 22.3 Å². The molecule has 7 nitrogen and oxygen atoms in total. The molecule has 1 fully saturated rings. The highest BCUT2D eigenvalue weighted by Gasteiger charge is 2.39. The number of thiazole rings is 1. The van der Waals surface area contributed by atoms with Crippen molar-refractivity contribution in [2.24, 2.45) is 5.92 Å². The number of piperidine rings is 1. The molecule has 0 bridgehead atoms. The van der Waals surface area contributed by atoms with Crippen molar-refractivity contribution in [3.8, 4) is 5.88 Å². The first-order valence-electron chi connectivity index (χ1n) is 9.80. The highest BCUT2D eigenvalue weighted by atomic mass is 32.1. The Labute approximate surface area is 171 Å². The number of halogens is 1. The molecule has 3 aromatic rings. The van der Waals surface area contributed by atoms with Gasteiger partial charge < -0.3 is 14.7 Å². The van der Waals surface area contributed by atoms with Crippen LogP contribution in [0.1, 0.15) is 42.1 Å². The molecular weight excluding hydrogens is 395 g/mol. The summed E-state index contributed by atoms with van der Waals surface area (Å²) in [6, 6.07) is 6.14. The fourth-order valence-corrected chi connectivity index (χ4v) is 5.29. The Kier molecular flexibility index (Phi) is 5.51. The summed E-state index contributed by atoms with van der Waals surface area (Å²) in [5, 5.41) is 15.1. The molecule has 9 heteroatoms. The van der Waals surface area contributed by atoms with Crippen molar-refractivity contribution in [2.45, 2.75) is 32.7 Å². The number of aromatic nitrogens is 3. The summed E-state index contributed by atoms with van der Waals surface area (Å²) in [4.78, 5) is 18.9. The lowest BCUT2D eigenvalue weighted by Gasteiger charge is -2.34. The van der Waals surface area contributed by atoms with Crippen molar-refractivity contribution in [1.29, 1.82) is 0 Å². The molecule has 1 saturated heterocycles. The minimum atomic E-state index is -0.456. The molecule has 1 aliphatic rings. The Hall–Kier alpha value is -2.52. The lowest BCUT2D eigenvalue weighted by molar-refractivity contribution is -0.932. The van der Waals surface area contributed by atoms with Gasteiger partial charge in [0, 0.05) is 0 Å². The summed E-state index contributed by atoms with van der Waals surface area (Å²) in [5.41, 5.74) is 0.489. The van der Waals surface area contributed by atoms with Crippen molar-refractivity contribution in [2.75, 3.05) is 19.7 Å². The van der Waals surface area contributed by atoms with Crippen LogP contribution >= 0.6 is 11.3 Å². The summed E-state index contributed by atoms with van der Waals surface area (Å²) in [6.45, 7) is 5.18. The van der Waals surface area contributed by atoms with Crippen LogP contribution in [-0.4, -0.2) is 45.4 Å². The number of aryl methyl sites for hydroxylation is 1.